The lowest BCUT2D eigenvalue weighted by atomic mass is 9.67. The first kappa shape index (κ1) is 32.2. The summed E-state index contributed by atoms with van der Waals surface area (Å²) in [6.45, 7) is 0. The normalized spacial score (nSPS) is 12.8. The number of fused-ring (bicyclic) bond motifs is 6. The first-order chi connectivity index (χ1) is 27.7. The van der Waals surface area contributed by atoms with Crippen LogP contribution in [0.25, 0.3) is 77.8 Å². The minimum Gasteiger partial charge on any atom is -0.456 e. The van der Waals surface area contributed by atoms with Gasteiger partial charge in [0.1, 0.15) is 11.2 Å². The first-order valence-electron chi connectivity index (χ1n) is 19.2. The Bertz CT molecular complexity index is 2940. The van der Waals surface area contributed by atoms with Crippen molar-refractivity contribution >= 4 is 21.9 Å². The van der Waals surface area contributed by atoms with E-state index >= 15 is 0 Å². The van der Waals surface area contributed by atoms with Gasteiger partial charge in [-0.15, -0.1) is 0 Å². The van der Waals surface area contributed by atoms with Crippen molar-refractivity contribution in [2.24, 2.45) is 0 Å². The van der Waals surface area contributed by atoms with Gasteiger partial charge in [-0.05, 0) is 92.0 Å². The fourth-order valence-electron chi connectivity index (χ4n) is 8.96. The van der Waals surface area contributed by atoms with Crippen LogP contribution in [0.2, 0.25) is 0 Å². The van der Waals surface area contributed by atoms with Gasteiger partial charge in [0, 0.05) is 21.9 Å². The number of benzene rings is 8. The molecule has 0 saturated heterocycles. The van der Waals surface area contributed by atoms with Crippen LogP contribution in [0.3, 0.4) is 0 Å². The van der Waals surface area contributed by atoms with Crippen LogP contribution in [-0.4, -0.2) is 4.98 Å². The number of pyridine rings is 1. The topological polar surface area (TPSA) is 26.0 Å². The highest BCUT2D eigenvalue weighted by Crippen LogP contribution is 2.57. The van der Waals surface area contributed by atoms with E-state index < -0.39 is 5.41 Å². The molecule has 0 spiro atoms. The molecule has 0 bridgehead atoms. The van der Waals surface area contributed by atoms with Crippen LogP contribution in [0.1, 0.15) is 22.3 Å². The Balaban J connectivity index is 1.02. The molecular weight excluding hydrogens is 679 g/mol. The molecule has 10 aromatic rings. The Morgan fingerprint density at radius 1 is 0.321 bits per heavy atom. The third kappa shape index (κ3) is 5.07. The quantitative estimate of drug-likeness (QED) is 0.171. The largest absolute Gasteiger partial charge is 0.456 e. The molecule has 0 unspecified atom stereocenters. The molecule has 0 aliphatic heterocycles. The van der Waals surface area contributed by atoms with Crippen molar-refractivity contribution in [1.29, 1.82) is 0 Å². The predicted octanol–water partition coefficient (Wildman–Crippen LogP) is 14.0. The lowest BCUT2D eigenvalue weighted by Gasteiger charge is -2.33. The molecule has 2 heteroatoms. The lowest BCUT2D eigenvalue weighted by molar-refractivity contribution is 0.666. The maximum atomic E-state index is 6.70. The molecule has 2 aromatic heterocycles. The summed E-state index contributed by atoms with van der Waals surface area (Å²) in [5, 5.41) is 2.25. The molecule has 0 amide bonds. The number of furan rings is 1. The minimum atomic E-state index is -0.465. The van der Waals surface area contributed by atoms with Gasteiger partial charge < -0.3 is 4.42 Å². The fourth-order valence-corrected chi connectivity index (χ4v) is 8.96. The average Bonchev–Trinajstić information content (AvgIpc) is 3.79. The van der Waals surface area contributed by atoms with E-state index in [2.05, 4.69) is 200 Å². The van der Waals surface area contributed by atoms with Crippen molar-refractivity contribution < 1.29 is 4.42 Å². The van der Waals surface area contributed by atoms with Gasteiger partial charge in [-0.3, -0.25) is 0 Å². The monoisotopic (exact) mass is 713 g/mol. The SMILES string of the molecule is c1ccc(-c2cc(-c3ccc(-c4ccc5oc6cc7c(cc6c5c4)-c4ccccc4C7(c4ccccc4)c4ccccc4)cc3)cc(-c3ccccc3)n2)cc1. The molecule has 56 heavy (non-hydrogen) atoms. The van der Waals surface area contributed by atoms with Crippen molar-refractivity contribution in [2.75, 3.05) is 0 Å². The molecule has 0 fully saturated rings. The van der Waals surface area contributed by atoms with Gasteiger partial charge in [-0.2, -0.15) is 0 Å². The van der Waals surface area contributed by atoms with Crippen LogP contribution >= 0.6 is 0 Å². The maximum absolute atomic E-state index is 6.70. The summed E-state index contributed by atoms with van der Waals surface area (Å²) >= 11 is 0. The van der Waals surface area contributed by atoms with Crippen molar-refractivity contribution in [3.05, 3.63) is 235 Å². The third-order valence-electron chi connectivity index (χ3n) is 11.6. The van der Waals surface area contributed by atoms with Crippen molar-refractivity contribution in [1.82, 2.24) is 4.98 Å². The molecular formula is C54H35NO. The van der Waals surface area contributed by atoms with E-state index in [1.165, 1.54) is 33.4 Å². The molecule has 0 radical (unpaired) electrons. The minimum absolute atomic E-state index is 0.465. The van der Waals surface area contributed by atoms with Gasteiger partial charge in [-0.1, -0.05) is 176 Å². The molecule has 11 rings (SSSR count). The second kappa shape index (κ2) is 12.9. The summed E-state index contributed by atoms with van der Waals surface area (Å²) in [5.41, 5.74) is 17.6. The standard InChI is InChI=1S/C54H35NO/c1-5-15-38(16-6-1)50-32-41(33-51(55-50)39-17-7-2-8-18-39)37-27-25-36(26-28-37)40-29-30-52-46(31-40)47-34-45-44-23-13-14-24-48(44)54(42-19-9-3-10-20-42,43-21-11-4-12-22-43)49(45)35-53(47)56-52/h1-35H. The Morgan fingerprint density at radius 2 is 0.821 bits per heavy atom. The zero-order chi connectivity index (χ0) is 37.1. The average molecular weight is 714 g/mol. The van der Waals surface area contributed by atoms with E-state index in [1.54, 1.807) is 0 Å². The fraction of sp³-hybridized carbons (Fsp3) is 0.0185. The Hall–Kier alpha value is -7.29. The summed E-state index contributed by atoms with van der Waals surface area (Å²) in [6.07, 6.45) is 0. The predicted molar refractivity (Wildman–Crippen MR) is 231 cm³/mol. The maximum Gasteiger partial charge on any atom is 0.135 e. The molecule has 2 heterocycles. The second-order valence-corrected chi connectivity index (χ2v) is 14.7. The van der Waals surface area contributed by atoms with E-state index in [1.807, 2.05) is 12.1 Å². The zero-order valence-electron chi connectivity index (χ0n) is 30.6. The zero-order valence-corrected chi connectivity index (χ0v) is 30.6. The van der Waals surface area contributed by atoms with Crippen LogP contribution in [0, 0.1) is 0 Å². The molecule has 1 aliphatic carbocycles. The second-order valence-electron chi connectivity index (χ2n) is 14.7. The van der Waals surface area contributed by atoms with Gasteiger partial charge in [0.25, 0.3) is 0 Å². The summed E-state index contributed by atoms with van der Waals surface area (Å²) < 4.78 is 6.70. The molecule has 262 valence electrons. The van der Waals surface area contributed by atoms with E-state index in [0.717, 1.165) is 66.7 Å². The smallest absolute Gasteiger partial charge is 0.135 e. The van der Waals surface area contributed by atoms with Crippen LogP contribution in [-0.2, 0) is 5.41 Å². The van der Waals surface area contributed by atoms with Crippen molar-refractivity contribution in [3.8, 4) is 55.9 Å². The number of hydrogen-bond acceptors (Lipinski definition) is 2. The highest BCUT2D eigenvalue weighted by atomic mass is 16.3. The van der Waals surface area contributed by atoms with Crippen LogP contribution in [0.4, 0.5) is 0 Å². The highest BCUT2D eigenvalue weighted by Gasteiger charge is 2.46. The van der Waals surface area contributed by atoms with Gasteiger partial charge in [0.15, 0.2) is 0 Å². The van der Waals surface area contributed by atoms with Crippen molar-refractivity contribution in [3.63, 3.8) is 0 Å². The van der Waals surface area contributed by atoms with Gasteiger partial charge in [0.05, 0.1) is 16.8 Å². The Kier molecular flexibility index (Phi) is 7.43. The summed E-state index contributed by atoms with van der Waals surface area (Å²) in [7, 11) is 0. The van der Waals surface area contributed by atoms with Crippen LogP contribution < -0.4 is 0 Å². The summed E-state index contributed by atoms with van der Waals surface area (Å²) in [5.74, 6) is 0. The van der Waals surface area contributed by atoms with Crippen LogP contribution in [0.5, 0.6) is 0 Å². The lowest BCUT2D eigenvalue weighted by Crippen LogP contribution is -2.28. The van der Waals surface area contributed by atoms with E-state index in [9.17, 15) is 0 Å². The molecule has 0 atom stereocenters. The van der Waals surface area contributed by atoms with E-state index in [-0.39, 0.29) is 0 Å². The van der Waals surface area contributed by atoms with E-state index in [4.69, 9.17) is 9.40 Å². The summed E-state index contributed by atoms with van der Waals surface area (Å²) in [4.78, 5) is 5.08. The molecule has 0 N–H and O–H groups in total. The third-order valence-corrected chi connectivity index (χ3v) is 11.6. The molecule has 8 aromatic carbocycles. The Morgan fingerprint density at radius 3 is 1.43 bits per heavy atom. The first-order valence-corrected chi connectivity index (χ1v) is 19.2. The van der Waals surface area contributed by atoms with Gasteiger partial charge in [-0.25, -0.2) is 4.98 Å². The number of hydrogen-bond donors (Lipinski definition) is 0. The summed E-state index contributed by atoms with van der Waals surface area (Å²) in [6, 6.07) is 76.1. The Labute approximate surface area is 326 Å². The highest BCUT2D eigenvalue weighted by molar-refractivity contribution is 6.09. The number of nitrogens with zero attached hydrogens (tertiary/aromatic N) is 1. The van der Waals surface area contributed by atoms with Gasteiger partial charge >= 0.3 is 0 Å². The van der Waals surface area contributed by atoms with Crippen LogP contribution in [0.15, 0.2) is 217 Å². The number of aromatic nitrogens is 1. The number of rotatable bonds is 6. The van der Waals surface area contributed by atoms with Crippen molar-refractivity contribution in [2.45, 2.75) is 5.41 Å². The van der Waals surface area contributed by atoms with Gasteiger partial charge in [0.2, 0.25) is 0 Å². The molecule has 2 nitrogen and oxygen atoms in total. The van der Waals surface area contributed by atoms with E-state index in [0.29, 0.717) is 0 Å². The molecule has 1 aliphatic rings. The molecule has 0 saturated carbocycles.